The number of benzene rings is 1. The van der Waals surface area contributed by atoms with Gasteiger partial charge in [-0.15, -0.1) is 10.2 Å². The summed E-state index contributed by atoms with van der Waals surface area (Å²) in [6, 6.07) is 8.89. The van der Waals surface area contributed by atoms with Gasteiger partial charge in [0.1, 0.15) is 6.07 Å². The molecule has 102 valence electrons. The molecule has 1 heterocycles. The molecule has 8 heteroatoms. The van der Waals surface area contributed by atoms with Crippen LogP contribution in [0.25, 0.3) is 0 Å². The number of nitrogens with zero attached hydrogens (tertiary/aromatic N) is 3. The molecular formula is C12H11N5OS2. The van der Waals surface area contributed by atoms with E-state index in [1.807, 2.05) is 6.07 Å². The monoisotopic (exact) mass is 305 g/mol. The maximum atomic E-state index is 12.1. The van der Waals surface area contributed by atoms with E-state index >= 15 is 0 Å². The van der Waals surface area contributed by atoms with Crippen molar-refractivity contribution in [2.75, 3.05) is 11.1 Å². The molecule has 0 saturated carbocycles. The number of carbonyl (C=O) groups is 1. The topological polar surface area (TPSA) is 105 Å². The second-order valence-corrected chi connectivity index (χ2v) is 6.41. The molecule has 0 radical (unpaired) electrons. The van der Waals surface area contributed by atoms with E-state index in [0.717, 1.165) is 0 Å². The Morgan fingerprint density at radius 1 is 1.50 bits per heavy atom. The second kappa shape index (κ2) is 6.36. The van der Waals surface area contributed by atoms with E-state index in [1.165, 1.54) is 23.1 Å². The van der Waals surface area contributed by atoms with Crippen LogP contribution < -0.4 is 11.1 Å². The van der Waals surface area contributed by atoms with E-state index in [1.54, 1.807) is 31.2 Å². The summed E-state index contributed by atoms with van der Waals surface area (Å²) in [6.07, 6.45) is 0. The third-order valence-corrected chi connectivity index (χ3v) is 4.31. The Bertz CT molecular complexity index is 664. The molecule has 1 amide bonds. The lowest BCUT2D eigenvalue weighted by Gasteiger charge is -2.11. The number of aromatic nitrogens is 2. The second-order valence-electron chi connectivity index (χ2n) is 3.81. The summed E-state index contributed by atoms with van der Waals surface area (Å²) in [7, 11) is 0. The summed E-state index contributed by atoms with van der Waals surface area (Å²) < 4.78 is 0.638. The van der Waals surface area contributed by atoms with Gasteiger partial charge >= 0.3 is 0 Å². The van der Waals surface area contributed by atoms with Gasteiger partial charge in [-0.1, -0.05) is 35.2 Å². The molecule has 3 N–H and O–H groups in total. The molecule has 0 fully saturated rings. The molecule has 2 aromatic rings. The molecule has 0 spiro atoms. The molecule has 6 nitrogen and oxygen atoms in total. The van der Waals surface area contributed by atoms with Crippen LogP contribution in [0.15, 0.2) is 28.6 Å². The molecule has 0 saturated heterocycles. The molecule has 2 rings (SSSR count). The Kier molecular flexibility index (Phi) is 4.55. The summed E-state index contributed by atoms with van der Waals surface area (Å²) in [5, 5.41) is 19.2. The van der Waals surface area contributed by atoms with Gasteiger partial charge in [0.2, 0.25) is 11.0 Å². The van der Waals surface area contributed by atoms with Gasteiger partial charge in [-0.3, -0.25) is 4.79 Å². The molecule has 0 aliphatic carbocycles. The largest absolute Gasteiger partial charge is 0.374 e. The zero-order valence-corrected chi connectivity index (χ0v) is 12.2. The average Bonchev–Trinajstić information content (AvgIpc) is 2.84. The summed E-state index contributed by atoms with van der Waals surface area (Å²) in [5.74, 6) is -0.202. The van der Waals surface area contributed by atoms with Crippen LogP contribution >= 0.6 is 23.1 Å². The quantitative estimate of drug-likeness (QED) is 0.838. The predicted molar refractivity (Wildman–Crippen MR) is 79.4 cm³/mol. The maximum Gasteiger partial charge on any atom is 0.237 e. The lowest BCUT2D eigenvalue weighted by Crippen LogP contribution is -2.22. The van der Waals surface area contributed by atoms with Gasteiger partial charge in [0, 0.05) is 0 Å². The van der Waals surface area contributed by atoms with Gasteiger partial charge in [-0.2, -0.15) is 5.26 Å². The van der Waals surface area contributed by atoms with Crippen molar-refractivity contribution in [2.24, 2.45) is 0 Å². The number of nitriles is 1. The fourth-order valence-electron chi connectivity index (χ4n) is 1.40. The number of anilines is 2. The molecule has 0 unspecified atom stereocenters. The highest BCUT2D eigenvalue weighted by atomic mass is 32.2. The Balaban J connectivity index is 2.02. The number of amides is 1. The minimum Gasteiger partial charge on any atom is -0.374 e. The standard InChI is InChI=1S/C12H11N5OS2/c1-7(19-12-17-16-11(14)20-12)10(18)15-9-5-3-2-4-8(9)6-13/h2-5,7H,1H3,(H2,14,16)(H,15,18)/t7-/m0/s1. The molecule has 20 heavy (non-hydrogen) atoms. The fraction of sp³-hybridized carbons (Fsp3) is 0.167. The third-order valence-electron chi connectivity index (χ3n) is 2.37. The number of carbonyl (C=O) groups excluding carboxylic acids is 1. The lowest BCUT2D eigenvalue weighted by atomic mass is 10.2. The van der Waals surface area contributed by atoms with Crippen LogP contribution in [0, 0.1) is 11.3 Å². The molecule has 1 aromatic carbocycles. The van der Waals surface area contributed by atoms with Crippen molar-refractivity contribution in [1.82, 2.24) is 10.2 Å². The molecule has 1 aromatic heterocycles. The van der Waals surface area contributed by atoms with Crippen LogP contribution in [-0.2, 0) is 4.79 Å². The van der Waals surface area contributed by atoms with E-state index < -0.39 is 0 Å². The normalized spacial score (nSPS) is 11.6. The van der Waals surface area contributed by atoms with Crippen molar-refractivity contribution in [3.8, 4) is 6.07 Å². The highest BCUT2D eigenvalue weighted by Gasteiger charge is 2.17. The van der Waals surface area contributed by atoms with Crippen molar-refractivity contribution >= 4 is 39.8 Å². The van der Waals surface area contributed by atoms with Crippen molar-refractivity contribution in [2.45, 2.75) is 16.5 Å². The summed E-state index contributed by atoms with van der Waals surface area (Å²) in [4.78, 5) is 12.1. The van der Waals surface area contributed by atoms with Crippen LogP contribution in [0.4, 0.5) is 10.8 Å². The Morgan fingerprint density at radius 3 is 2.90 bits per heavy atom. The molecule has 0 bridgehead atoms. The molecule has 0 aliphatic rings. The number of nitrogen functional groups attached to an aromatic ring is 1. The van der Waals surface area contributed by atoms with E-state index in [4.69, 9.17) is 11.0 Å². The minimum atomic E-state index is -0.367. The third kappa shape index (κ3) is 3.46. The van der Waals surface area contributed by atoms with Crippen molar-refractivity contribution in [1.29, 1.82) is 5.26 Å². The maximum absolute atomic E-state index is 12.1. The Morgan fingerprint density at radius 2 is 2.25 bits per heavy atom. The smallest absolute Gasteiger partial charge is 0.237 e. The van der Waals surface area contributed by atoms with Gasteiger partial charge < -0.3 is 11.1 Å². The summed E-state index contributed by atoms with van der Waals surface area (Å²) in [6.45, 7) is 1.76. The zero-order valence-electron chi connectivity index (χ0n) is 10.5. The van der Waals surface area contributed by atoms with Crippen molar-refractivity contribution in [3.05, 3.63) is 29.8 Å². The fourth-order valence-corrected chi connectivity index (χ4v) is 3.18. The van der Waals surface area contributed by atoms with Crippen LogP contribution in [0.1, 0.15) is 12.5 Å². The van der Waals surface area contributed by atoms with Crippen molar-refractivity contribution in [3.63, 3.8) is 0 Å². The number of nitrogens with two attached hydrogens (primary N) is 1. The van der Waals surface area contributed by atoms with Gasteiger partial charge in [-0.25, -0.2) is 0 Å². The highest BCUT2D eigenvalue weighted by Crippen LogP contribution is 2.28. The Hall–Kier alpha value is -2.11. The van der Waals surface area contributed by atoms with E-state index in [0.29, 0.717) is 20.7 Å². The first-order valence-corrected chi connectivity index (χ1v) is 7.35. The van der Waals surface area contributed by atoms with Crippen LogP contribution in [-0.4, -0.2) is 21.4 Å². The van der Waals surface area contributed by atoms with Gasteiger partial charge in [0.05, 0.1) is 16.5 Å². The average molecular weight is 305 g/mol. The number of rotatable bonds is 4. The Labute approximate surface area is 124 Å². The first kappa shape index (κ1) is 14.3. The minimum absolute atomic E-state index is 0.202. The molecule has 1 atom stereocenters. The van der Waals surface area contributed by atoms with E-state index in [2.05, 4.69) is 15.5 Å². The molecule has 0 aliphatic heterocycles. The van der Waals surface area contributed by atoms with Gasteiger partial charge in [0.25, 0.3) is 0 Å². The number of thioether (sulfide) groups is 1. The first-order chi connectivity index (χ1) is 9.60. The van der Waals surface area contributed by atoms with Gasteiger partial charge in [-0.05, 0) is 19.1 Å². The van der Waals surface area contributed by atoms with E-state index in [-0.39, 0.29) is 11.2 Å². The van der Waals surface area contributed by atoms with Crippen LogP contribution in [0.2, 0.25) is 0 Å². The summed E-state index contributed by atoms with van der Waals surface area (Å²) in [5.41, 5.74) is 6.42. The summed E-state index contributed by atoms with van der Waals surface area (Å²) >= 11 is 2.51. The lowest BCUT2D eigenvalue weighted by molar-refractivity contribution is -0.115. The van der Waals surface area contributed by atoms with Gasteiger partial charge in [0.15, 0.2) is 4.34 Å². The number of hydrogen-bond donors (Lipinski definition) is 2. The number of para-hydroxylation sites is 1. The SMILES string of the molecule is C[C@H](Sc1nnc(N)s1)C(=O)Nc1ccccc1C#N. The molecular weight excluding hydrogens is 294 g/mol. The first-order valence-electron chi connectivity index (χ1n) is 5.66. The number of hydrogen-bond acceptors (Lipinski definition) is 7. The van der Waals surface area contributed by atoms with E-state index in [9.17, 15) is 4.79 Å². The van der Waals surface area contributed by atoms with Crippen molar-refractivity contribution < 1.29 is 4.79 Å². The van der Waals surface area contributed by atoms with Crippen LogP contribution in [0.3, 0.4) is 0 Å². The number of nitrogens with one attached hydrogen (secondary N) is 1. The van der Waals surface area contributed by atoms with Crippen LogP contribution in [0.5, 0.6) is 0 Å². The highest BCUT2D eigenvalue weighted by molar-refractivity contribution is 8.02. The zero-order chi connectivity index (χ0) is 14.5. The predicted octanol–water partition coefficient (Wildman–Crippen LogP) is 2.11.